The summed E-state index contributed by atoms with van der Waals surface area (Å²) in [7, 11) is 0. The van der Waals surface area contributed by atoms with E-state index in [0.717, 1.165) is 37.7 Å². The fourth-order valence-electron chi connectivity index (χ4n) is 11.4. The standard InChI is InChI=1S/C35H56O7/c1-10-19(2)29(41)42-28-27(40)34(9)20(21-17-30(3,4)25(38)26(39)35(21,28)18-36)11-12-23-32(7)15-14-24(37)31(5,6)22(32)13-16-33(23,34)8/h10-11,21-28,36-40H,12-18H2,1-9H3/b19-10-/t21-,22-,23+,24-,25-,26-,27-,28+,32-,33+,34-,35+/m0/s1. The number of esters is 1. The second-order valence-corrected chi connectivity index (χ2v) is 16.7. The molecular formula is C35H56O7. The Bertz CT molecular complexity index is 1170. The first-order valence-corrected chi connectivity index (χ1v) is 16.2. The van der Waals surface area contributed by atoms with E-state index in [9.17, 15) is 30.3 Å². The molecule has 0 saturated heterocycles. The van der Waals surface area contributed by atoms with Gasteiger partial charge in [0.05, 0.1) is 30.3 Å². The lowest BCUT2D eigenvalue weighted by molar-refractivity contribution is -0.291. The Labute approximate surface area is 252 Å². The maximum absolute atomic E-state index is 13.3. The number of rotatable bonds is 3. The van der Waals surface area contributed by atoms with Crippen molar-refractivity contribution in [2.75, 3.05) is 6.61 Å². The number of ether oxygens (including phenoxy) is 1. The summed E-state index contributed by atoms with van der Waals surface area (Å²) in [6.07, 6.45) is 3.32. The first-order chi connectivity index (χ1) is 19.3. The van der Waals surface area contributed by atoms with Crippen molar-refractivity contribution in [3.05, 3.63) is 23.3 Å². The third kappa shape index (κ3) is 3.79. The highest BCUT2D eigenvalue weighted by atomic mass is 16.6. The fourth-order valence-corrected chi connectivity index (χ4v) is 11.4. The van der Waals surface area contributed by atoms with Gasteiger partial charge in [0.1, 0.15) is 12.2 Å². The molecule has 5 aliphatic rings. The van der Waals surface area contributed by atoms with Gasteiger partial charge in [-0.05, 0) is 91.8 Å². The van der Waals surface area contributed by atoms with E-state index in [4.69, 9.17) is 4.74 Å². The van der Waals surface area contributed by atoms with Crippen LogP contribution in [-0.2, 0) is 9.53 Å². The van der Waals surface area contributed by atoms with Crippen molar-refractivity contribution in [2.45, 2.75) is 131 Å². The van der Waals surface area contributed by atoms with E-state index < -0.39 is 59.2 Å². The van der Waals surface area contributed by atoms with Gasteiger partial charge in [0, 0.05) is 11.0 Å². The van der Waals surface area contributed by atoms with E-state index in [2.05, 4.69) is 40.7 Å². The van der Waals surface area contributed by atoms with E-state index in [-0.39, 0.29) is 28.3 Å². The van der Waals surface area contributed by atoms with Gasteiger partial charge in [-0.25, -0.2) is 4.79 Å². The van der Waals surface area contributed by atoms with Gasteiger partial charge in [0.15, 0.2) is 0 Å². The van der Waals surface area contributed by atoms with Crippen molar-refractivity contribution >= 4 is 5.97 Å². The smallest absolute Gasteiger partial charge is 0.333 e. The molecule has 238 valence electrons. The molecule has 4 saturated carbocycles. The molecular weight excluding hydrogens is 532 g/mol. The van der Waals surface area contributed by atoms with Gasteiger partial charge >= 0.3 is 5.97 Å². The average molecular weight is 589 g/mol. The number of hydrogen-bond donors (Lipinski definition) is 5. The monoisotopic (exact) mass is 588 g/mol. The van der Waals surface area contributed by atoms with Crippen LogP contribution < -0.4 is 0 Å². The molecule has 12 atom stereocenters. The summed E-state index contributed by atoms with van der Waals surface area (Å²) in [5.41, 5.74) is -2.15. The highest BCUT2D eigenvalue weighted by Crippen LogP contribution is 2.76. The van der Waals surface area contributed by atoms with Crippen molar-refractivity contribution in [2.24, 2.45) is 50.2 Å². The summed E-state index contributed by atoms with van der Waals surface area (Å²) in [5, 5.41) is 58.0. The topological polar surface area (TPSA) is 127 Å². The molecule has 0 amide bonds. The minimum Gasteiger partial charge on any atom is -0.455 e. The molecule has 7 heteroatoms. The van der Waals surface area contributed by atoms with E-state index in [0.29, 0.717) is 17.9 Å². The first kappa shape index (κ1) is 32.2. The molecule has 0 aromatic heterocycles. The second kappa shape index (κ2) is 9.87. The van der Waals surface area contributed by atoms with Crippen LogP contribution in [0.5, 0.6) is 0 Å². The zero-order valence-corrected chi connectivity index (χ0v) is 27.3. The Morgan fingerprint density at radius 2 is 1.60 bits per heavy atom. The number of carbonyl (C=O) groups excluding carboxylic acids is 1. The average Bonchev–Trinajstić information content (AvgIpc) is 2.92. The number of allylic oxidation sites excluding steroid dienone is 2. The van der Waals surface area contributed by atoms with Gasteiger partial charge < -0.3 is 30.3 Å². The predicted molar refractivity (Wildman–Crippen MR) is 161 cm³/mol. The molecule has 5 rings (SSSR count). The molecule has 7 nitrogen and oxygen atoms in total. The highest BCUT2D eigenvalue weighted by molar-refractivity contribution is 5.87. The minimum absolute atomic E-state index is 0.0543. The lowest BCUT2D eigenvalue weighted by Crippen LogP contribution is -2.76. The van der Waals surface area contributed by atoms with Crippen LogP contribution in [0.25, 0.3) is 0 Å². The number of carbonyl (C=O) groups is 1. The molecule has 5 aliphatic carbocycles. The Kier molecular flexibility index (Phi) is 7.56. The lowest BCUT2D eigenvalue weighted by Gasteiger charge is -2.73. The molecule has 0 heterocycles. The maximum Gasteiger partial charge on any atom is 0.333 e. The third-order valence-electron chi connectivity index (χ3n) is 14.5. The summed E-state index contributed by atoms with van der Waals surface area (Å²) >= 11 is 0. The first-order valence-electron chi connectivity index (χ1n) is 16.2. The zero-order valence-electron chi connectivity index (χ0n) is 27.3. The van der Waals surface area contributed by atoms with Crippen LogP contribution in [0.15, 0.2) is 23.3 Å². The van der Waals surface area contributed by atoms with Crippen LogP contribution >= 0.6 is 0 Å². The number of aliphatic hydroxyl groups excluding tert-OH is 5. The van der Waals surface area contributed by atoms with Crippen molar-refractivity contribution in [3.8, 4) is 0 Å². The summed E-state index contributed by atoms with van der Waals surface area (Å²) in [5.74, 6) is -0.437. The summed E-state index contributed by atoms with van der Waals surface area (Å²) in [4.78, 5) is 13.3. The largest absolute Gasteiger partial charge is 0.455 e. The molecule has 0 aromatic carbocycles. The molecule has 0 aromatic rings. The van der Waals surface area contributed by atoms with Gasteiger partial charge in [-0.2, -0.15) is 0 Å². The molecule has 4 fully saturated rings. The Morgan fingerprint density at radius 3 is 2.19 bits per heavy atom. The number of fused-ring (bicyclic) bond motifs is 7. The van der Waals surface area contributed by atoms with Gasteiger partial charge in [-0.15, -0.1) is 0 Å². The quantitative estimate of drug-likeness (QED) is 0.186. The summed E-state index contributed by atoms with van der Waals surface area (Å²) in [6.45, 7) is 18.0. The molecule has 0 radical (unpaired) electrons. The zero-order chi connectivity index (χ0) is 31.4. The van der Waals surface area contributed by atoms with E-state index >= 15 is 0 Å². The summed E-state index contributed by atoms with van der Waals surface area (Å²) in [6, 6.07) is 0. The number of hydrogen-bond acceptors (Lipinski definition) is 7. The minimum atomic E-state index is -1.45. The van der Waals surface area contributed by atoms with E-state index in [1.54, 1.807) is 19.9 Å². The Balaban J connectivity index is 1.71. The molecule has 0 aliphatic heterocycles. The van der Waals surface area contributed by atoms with Crippen LogP contribution in [0, 0.1) is 50.2 Å². The van der Waals surface area contributed by atoms with Crippen LogP contribution in [0.3, 0.4) is 0 Å². The van der Waals surface area contributed by atoms with E-state index in [1.807, 2.05) is 13.8 Å². The van der Waals surface area contributed by atoms with Gasteiger partial charge in [-0.1, -0.05) is 66.2 Å². The van der Waals surface area contributed by atoms with E-state index in [1.165, 1.54) is 0 Å². The normalized spacial score (nSPS) is 51.3. The highest BCUT2D eigenvalue weighted by Gasteiger charge is 2.75. The third-order valence-corrected chi connectivity index (χ3v) is 14.5. The van der Waals surface area contributed by atoms with Crippen LogP contribution in [-0.4, -0.2) is 68.6 Å². The summed E-state index contributed by atoms with van der Waals surface area (Å²) < 4.78 is 6.18. The van der Waals surface area contributed by atoms with Gasteiger partial charge in [-0.3, -0.25) is 0 Å². The van der Waals surface area contributed by atoms with Crippen LogP contribution in [0.1, 0.15) is 101 Å². The van der Waals surface area contributed by atoms with Crippen LogP contribution in [0.4, 0.5) is 0 Å². The van der Waals surface area contributed by atoms with Gasteiger partial charge in [0.25, 0.3) is 0 Å². The SMILES string of the molecule is C/C=C(/C)C(=O)O[C@@H]1[C@H](O)[C@]2(C)C(=CC[C@@H]3[C@@]4(C)CC[C@H](O)C(C)(C)[C@@H]4CC[C@]32C)[C@@H]2CC(C)(C)[C@@H](O)[C@H](O)[C@]12CO. The molecule has 0 unspecified atom stereocenters. The Hall–Kier alpha value is -1.25. The van der Waals surface area contributed by atoms with Crippen molar-refractivity contribution < 1.29 is 35.1 Å². The van der Waals surface area contributed by atoms with Gasteiger partial charge in [0.2, 0.25) is 0 Å². The van der Waals surface area contributed by atoms with Crippen molar-refractivity contribution in [1.29, 1.82) is 0 Å². The van der Waals surface area contributed by atoms with Crippen molar-refractivity contribution in [1.82, 2.24) is 0 Å². The maximum atomic E-state index is 13.3. The molecule has 5 N–H and O–H groups in total. The second-order valence-electron chi connectivity index (χ2n) is 16.7. The fraction of sp³-hybridized carbons (Fsp3) is 0.857. The van der Waals surface area contributed by atoms with Crippen LogP contribution in [0.2, 0.25) is 0 Å². The molecule has 42 heavy (non-hydrogen) atoms. The molecule has 0 bridgehead atoms. The van der Waals surface area contributed by atoms with Crippen molar-refractivity contribution in [3.63, 3.8) is 0 Å². The molecule has 0 spiro atoms. The lowest BCUT2D eigenvalue weighted by atomic mass is 9.32. The number of aliphatic hydroxyl groups is 5. The Morgan fingerprint density at radius 1 is 0.952 bits per heavy atom. The predicted octanol–water partition coefficient (Wildman–Crippen LogP) is 4.54.